The van der Waals surface area contributed by atoms with Crippen molar-refractivity contribution in [3.63, 3.8) is 0 Å². The van der Waals surface area contributed by atoms with Gasteiger partial charge in [-0.3, -0.25) is 0 Å². The van der Waals surface area contributed by atoms with Crippen molar-refractivity contribution in [1.29, 1.82) is 0 Å². The maximum Gasteiger partial charge on any atom is 0.160 e. The van der Waals surface area contributed by atoms with Crippen molar-refractivity contribution in [3.05, 3.63) is 22.8 Å². The van der Waals surface area contributed by atoms with Gasteiger partial charge < -0.3 is 15.5 Å². The molecule has 0 radical (unpaired) electrons. The maximum atomic E-state index is 9.61. The monoisotopic (exact) mass is 221 g/mol. The molecule has 3 N–H and O–H groups in total. The Morgan fingerprint density at radius 3 is 2.69 bits per heavy atom. The van der Waals surface area contributed by atoms with Crippen molar-refractivity contribution in [2.75, 3.05) is 6.54 Å². The molecule has 0 amide bonds. The van der Waals surface area contributed by atoms with E-state index in [9.17, 15) is 10.2 Å². The fourth-order valence-corrected chi connectivity index (χ4v) is 2.36. The first-order chi connectivity index (χ1) is 7.59. The van der Waals surface area contributed by atoms with Gasteiger partial charge in [0, 0.05) is 6.04 Å². The summed E-state index contributed by atoms with van der Waals surface area (Å²) in [5.41, 5.74) is 3.00. The minimum absolute atomic E-state index is 0.00361. The highest BCUT2D eigenvalue weighted by atomic mass is 16.3. The molecule has 88 valence electrons. The summed E-state index contributed by atoms with van der Waals surface area (Å²) in [6.07, 6.45) is 3.35. The second-order valence-electron chi connectivity index (χ2n) is 4.65. The molecule has 0 aromatic heterocycles. The molecule has 1 aromatic carbocycles. The lowest BCUT2D eigenvalue weighted by Gasteiger charge is -2.15. The molecule has 1 aliphatic rings. The highest BCUT2D eigenvalue weighted by Gasteiger charge is 2.18. The van der Waals surface area contributed by atoms with Gasteiger partial charge in [0.2, 0.25) is 0 Å². The highest BCUT2D eigenvalue weighted by molar-refractivity contribution is 5.52. The Balaban J connectivity index is 2.26. The van der Waals surface area contributed by atoms with Crippen molar-refractivity contribution in [1.82, 2.24) is 5.32 Å². The summed E-state index contributed by atoms with van der Waals surface area (Å²) in [6, 6.07) is 2.21. The molecule has 1 saturated heterocycles. The second-order valence-corrected chi connectivity index (χ2v) is 4.65. The SMILES string of the molecule is Cc1c(CC2CCCN2)cc(O)c(O)c1C. The van der Waals surface area contributed by atoms with Gasteiger partial charge >= 0.3 is 0 Å². The van der Waals surface area contributed by atoms with Crippen molar-refractivity contribution >= 4 is 0 Å². The van der Waals surface area contributed by atoms with E-state index in [0.717, 1.165) is 29.7 Å². The Hall–Kier alpha value is -1.22. The van der Waals surface area contributed by atoms with Crippen LogP contribution >= 0.6 is 0 Å². The van der Waals surface area contributed by atoms with Crippen LogP contribution < -0.4 is 5.32 Å². The van der Waals surface area contributed by atoms with E-state index in [1.165, 1.54) is 12.8 Å². The average Bonchev–Trinajstić information content (AvgIpc) is 2.76. The van der Waals surface area contributed by atoms with Gasteiger partial charge in [-0.05, 0) is 62.4 Å². The predicted molar refractivity (Wildman–Crippen MR) is 64.0 cm³/mol. The molecule has 0 saturated carbocycles. The van der Waals surface area contributed by atoms with Crippen LogP contribution in [0.5, 0.6) is 11.5 Å². The lowest BCUT2D eigenvalue weighted by molar-refractivity contribution is 0.399. The molecule has 2 rings (SSSR count). The summed E-state index contributed by atoms with van der Waals surface area (Å²) in [6.45, 7) is 4.93. The number of phenolic OH excluding ortho intramolecular Hbond substituents is 2. The summed E-state index contributed by atoms with van der Waals surface area (Å²) in [5.74, 6) is 0.0109. The standard InChI is InChI=1S/C13H19NO2/c1-8-9(2)13(16)12(15)7-10(8)6-11-4-3-5-14-11/h7,11,14-16H,3-6H2,1-2H3. The Morgan fingerprint density at radius 2 is 2.06 bits per heavy atom. The van der Waals surface area contributed by atoms with Crippen molar-refractivity contribution in [2.24, 2.45) is 0 Å². The fraction of sp³-hybridized carbons (Fsp3) is 0.538. The van der Waals surface area contributed by atoms with Crippen molar-refractivity contribution in [3.8, 4) is 11.5 Å². The summed E-state index contributed by atoms with van der Waals surface area (Å²) >= 11 is 0. The molecule has 1 atom stereocenters. The molecule has 3 heteroatoms. The molecule has 1 heterocycles. The van der Waals surface area contributed by atoms with Gasteiger partial charge in [0.1, 0.15) is 0 Å². The first kappa shape index (κ1) is 11.3. The van der Waals surface area contributed by atoms with Crippen LogP contribution in [0, 0.1) is 13.8 Å². The van der Waals surface area contributed by atoms with Crippen LogP contribution in [0.3, 0.4) is 0 Å². The third kappa shape index (κ3) is 2.00. The highest BCUT2D eigenvalue weighted by Crippen LogP contribution is 2.33. The van der Waals surface area contributed by atoms with Crippen molar-refractivity contribution in [2.45, 2.75) is 39.2 Å². The zero-order valence-corrected chi connectivity index (χ0v) is 9.88. The van der Waals surface area contributed by atoms with E-state index in [-0.39, 0.29) is 11.5 Å². The van der Waals surface area contributed by atoms with E-state index < -0.39 is 0 Å². The molecule has 1 aromatic rings. The van der Waals surface area contributed by atoms with Gasteiger partial charge in [-0.25, -0.2) is 0 Å². The molecule has 0 aliphatic carbocycles. The normalized spacial score (nSPS) is 20.2. The van der Waals surface area contributed by atoms with Gasteiger partial charge in [-0.15, -0.1) is 0 Å². The number of nitrogens with one attached hydrogen (secondary N) is 1. The van der Waals surface area contributed by atoms with Crippen LogP contribution in [-0.2, 0) is 6.42 Å². The van der Waals surface area contributed by atoms with Crippen LogP contribution in [0.4, 0.5) is 0 Å². The van der Waals surface area contributed by atoms with Crippen LogP contribution in [0.15, 0.2) is 6.07 Å². The molecule has 3 nitrogen and oxygen atoms in total. The Bertz CT molecular complexity index is 395. The van der Waals surface area contributed by atoms with Gasteiger partial charge in [-0.1, -0.05) is 0 Å². The van der Waals surface area contributed by atoms with Gasteiger partial charge in [0.15, 0.2) is 11.5 Å². The quantitative estimate of drug-likeness (QED) is 0.670. The van der Waals surface area contributed by atoms with Gasteiger partial charge in [0.05, 0.1) is 0 Å². The molecular formula is C13H19NO2. The number of phenols is 2. The molecule has 0 bridgehead atoms. The molecule has 1 fully saturated rings. The first-order valence-electron chi connectivity index (χ1n) is 5.84. The predicted octanol–water partition coefficient (Wildman–Crippen LogP) is 2.01. The Labute approximate surface area is 96.1 Å². The summed E-state index contributed by atoms with van der Waals surface area (Å²) in [4.78, 5) is 0. The van der Waals surface area contributed by atoms with Gasteiger partial charge in [-0.2, -0.15) is 0 Å². The zero-order chi connectivity index (χ0) is 11.7. The molecular weight excluding hydrogens is 202 g/mol. The third-order valence-electron chi connectivity index (χ3n) is 3.58. The van der Waals surface area contributed by atoms with Crippen LogP contribution in [0.25, 0.3) is 0 Å². The second kappa shape index (κ2) is 4.34. The number of benzene rings is 1. The third-order valence-corrected chi connectivity index (χ3v) is 3.58. The molecule has 1 aliphatic heterocycles. The first-order valence-corrected chi connectivity index (χ1v) is 5.84. The van der Waals surface area contributed by atoms with E-state index in [2.05, 4.69) is 5.32 Å². The van der Waals surface area contributed by atoms with E-state index >= 15 is 0 Å². The zero-order valence-electron chi connectivity index (χ0n) is 9.88. The van der Waals surface area contributed by atoms with Crippen LogP contribution in [-0.4, -0.2) is 22.8 Å². The van der Waals surface area contributed by atoms with E-state index in [1.54, 1.807) is 6.07 Å². The average molecular weight is 221 g/mol. The molecule has 1 unspecified atom stereocenters. The lowest BCUT2D eigenvalue weighted by Crippen LogP contribution is -2.24. The number of hydrogen-bond donors (Lipinski definition) is 3. The molecule has 0 spiro atoms. The van der Waals surface area contributed by atoms with E-state index in [1.807, 2.05) is 13.8 Å². The maximum absolute atomic E-state index is 9.61. The number of hydrogen-bond acceptors (Lipinski definition) is 3. The van der Waals surface area contributed by atoms with E-state index in [0.29, 0.717) is 6.04 Å². The van der Waals surface area contributed by atoms with Gasteiger partial charge in [0.25, 0.3) is 0 Å². The smallest absolute Gasteiger partial charge is 0.160 e. The van der Waals surface area contributed by atoms with Crippen LogP contribution in [0.2, 0.25) is 0 Å². The lowest BCUT2D eigenvalue weighted by atomic mass is 9.96. The van der Waals surface area contributed by atoms with Crippen molar-refractivity contribution < 1.29 is 10.2 Å². The van der Waals surface area contributed by atoms with Crippen LogP contribution in [0.1, 0.15) is 29.5 Å². The minimum Gasteiger partial charge on any atom is -0.504 e. The minimum atomic E-state index is -0.00361. The number of aromatic hydroxyl groups is 2. The largest absolute Gasteiger partial charge is 0.504 e. The Kier molecular flexibility index (Phi) is 3.06. The summed E-state index contributed by atoms with van der Waals surface area (Å²) in [7, 11) is 0. The molecule has 16 heavy (non-hydrogen) atoms. The Morgan fingerprint density at radius 1 is 1.31 bits per heavy atom. The topological polar surface area (TPSA) is 52.5 Å². The van der Waals surface area contributed by atoms with E-state index in [4.69, 9.17) is 0 Å². The summed E-state index contributed by atoms with van der Waals surface area (Å²) < 4.78 is 0. The summed E-state index contributed by atoms with van der Waals surface area (Å²) in [5, 5.41) is 22.7. The number of rotatable bonds is 2. The fourth-order valence-electron chi connectivity index (χ4n) is 2.36.